The van der Waals surface area contributed by atoms with Crippen LogP contribution in [0.1, 0.15) is 23.4 Å². The Morgan fingerprint density at radius 3 is 3.07 bits per heavy atom. The van der Waals surface area contributed by atoms with Crippen LogP contribution in [0.4, 0.5) is 0 Å². The first-order valence-electron chi connectivity index (χ1n) is 5.11. The van der Waals surface area contributed by atoms with Crippen molar-refractivity contribution >= 4 is 5.97 Å². The Morgan fingerprint density at radius 2 is 2.40 bits per heavy atom. The molecule has 1 aliphatic carbocycles. The molecule has 3 N–H and O–H groups in total. The molecule has 82 valence electrons. The third-order valence-corrected chi connectivity index (χ3v) is 2.93. The van der Waals surface area contributed by atoms with Crippen LogP contribution in [0.3, 0.4) is 0 Å². The lowest BCUT2D eigenvalue weighted by Crippen LogP contribution is -2.32. The molecule has 0 unspecified atom stereocenters. The van der Waals surface area contributed by atoms with Gasteiger partial charge in [0.1, 0.15) is 6.04 Å². The monoisotopic (exact) mass is 209 g/mol. The summed E-state index contributed by atoms with van der Waals surface area (Å²) in [6.45, 7) is 0. The zero-order valence-corrected chi connectivity index (χ0v) is 8.73. The number of nitrogens with zero attached hydrogens (tertiary/aromatic N) is 2. The first kappa shape index (κ1) is 10.2. The third kappa shape index (κ3) is 1.74. The Labute approximate surface area is 87.9 Å². The first-order chi connectivity index (χ1) is 7.09. The van der Waals surface area contributed by atoms with Crippen LogP contribution in [0.15, 0.2) is 0 Å². The van der Waals surface area contributed by atoms with Crippen LogP contribution in [0, 0.1) is 0 Å². The SMILES string of the molecule is Cn1nc(C[C@H](N)C(=O)O)c2c1CCC2. The number of fused-ring (bicyclic) bond motifs is 1. The third-order valence-electron chi connectivity index (χ3n) is 2.93. The molecule has 0 spiro atoms. The van der Waals surface area contributed by atoms with Gasteiger partial charge in [0, 0.05) is 19.2 Å². The van der Waals surface area contributed by atoms with Gasteiger partial charge in [-0.3, -0.25) is 9.48 Å². The van der Waals surface area contributed by atoms with Gasteiger partial charge in [-0.25, -0.2) is 0 Å². The topological polar surface area (TPSA) is 81.1 Å². The summed E-state index contributed by atoms with van der Waals surface area (Å²) in [5, 5.41) is 13.1. The van der Waals surface area contributed by atoms with Crippen molar-refractivity contribution in [2.24, 2.45) is 12.8 Å². The highest BCUT2D eigenvalue weighted by atomic mass is 16.4. The van der Waals surface area contributed by atoms with Gasteiger partial charge in [0.2, 0.25) is 0 Å². The molecule has 2 rings (SSSR count). The lowest BCUT2D eigenvalue weighted by molar-refractivity contribution is -0.138. The van der Waals surface area contributed by atoms with E-state index in [1.54, 1.807) is 0 Å². The maximum atomic E-state index is 10.7. The summed E-state index contributed by atoms with van der Waals surface area (Å²) < 4.78 is 1.85. The molecule has 0 amide bonds. The van der Waals surface area contributed by atoms with Gasteiger partial charge in [-0.1, -0.05) is 0 Å². The quantitative estimate of drug-likeness (QED) is 0.726. The fourth-order valence-corrected chi connectivity index (χ4v) is 2.16. The maximum Gasteiger partial charge on any atom is 0.320 e. The van der Waals surface area contributed by atoms with E-state index in [0.29, 0.717) is 6.42 Å². The van der Waals surface area contributed by atoms with Crippen LogP contribution in [0.25, 0.3) is 0 Å². The lowest BCUT2D eigenvalue weighted by Gasteiger charge is -2.04. The van der Waals surface area contributed by atoms with E-state index in [1.807, 2.05) is 11.7 Å². The lowest BCUT2D eigenvalue weighted by atomic mass is 10.1. The fourth-order valence-electron chi connectivity index (χ4n) is 2.16. The van der Waals surface area contributed by atoms with Crippen LogP contribution < -0.4 is 5.73 Å². The summed E-state index contributed by atoms with van der Waals surface area (Å²) in [4.78, 5) is 10.7. The standard InChI is InChI=1S/C10H15N3O2/c1-13-9-4-2-3-6(9)8(12-13)5-7(11)10(14)15/h7H,2-5,11H2,1H3,(H,14,15)/t7-/m0/s1. The predicted molar refractivity (Wildman–Crippen MR) is 54.5 cm³/mol. The minimum atomic E-state index is -0.965. The Hall–Kier alpha value is -1.36. The van der Waals surface area contributed by atoms with Gasteiger partial charge in [0.25, 0.3) is 0 Å². The van der Waals surface area contributed by atoms with E-state index in [-0.39, 0.29) is 0 Å². The molecule has 5 heteroatoms. The number of carboxylic acids is 1. The van der Waals surface area contributed by atoms with Gasteiger partial charge in [0.05, 0.1) is 5.69 Å². The Morgan fingerprint density at radius 1 is 1.67 bits per heavy atom. The van der Waals surface area contributed by atoms with Crippen LogP contribution in [0.2, 0.25) is 0 Å². The summed E-state index contributed by atoms with van der Waals surface area (Å²) in [6.07, 6.45) is 3.51. The van der Waals surface area contributed by atoms with Gasteiger partial charge in [-0.2, -0.15) is 5.10 Å². The van der Waals surface area contributed by atoms with E-state index in [2.05, 4.69) is 5.10 Å². The van der Waals surface area contributed by atoms with Crippen LogP contribution in [-0.2, 0) is 31.1 Å². The zero-order valence-electron chi connectivity index (χ0n) is 8.73. The van der Waals surface area contributed by atoms with Crippen molar-refractivity contribution < 1.29 is 9.90 Å². The largest absolute Gasteiger partial charge is 0.480 e. The zero-order chi connectivity index (χ0) is 11.0. The molecule has 1 atom stereocenters. The van der Waals surface area contributed by atoms with E-state index >= 15 is 0 Å². The summed E-state index contributed by atoms with van der Waals surface area (Å²) in [5.41, 5.74) is 8.82. The molecule has 0 bridgehead atoms. The number of aliphatic carboxylic acids is 1. The molecule has 5 nitrogen and oxygen atoms in total. The van der Waals surface area contributed by atoms with Crippen molar-refractivity contribution in [1.82, 2.24) is 9.78 Å². The normalized spacial score (nSPS) is 16.4. The maximum absolute atomic E-state index is 10.7. The molecule has 0 radical (unpaired) electrons. The summed E-state index contributed by atoms with van der Waals surface area (Å²) in [6, 6.07) is -0.843. The van der Waals surface area contributed by atoms with Crippen molar-refractivity contribution in [3.05, 3.63) is 17.0 Å². The molecule has 15 heavy (non-hydrogen) atoms. The molecule has 0 fully saturated rings. The van der Waals surface area contributed by atoms with E-state index in [9.17, 15) is 4.79 Å². The molecule has 0 aliphatic heterocycles. The highest BCUT2D eigenvalue weighted by molar-refractivity contribution is 5.73. The van der Waals surface area contributed by atoms with E-state index in [0.717, 1.165) is 25.0 Å². The molecule has 0 aromatic carbocycles. The predicted octanol–water partition coefficient (Wildman–Crippen LogP) is -0.137. The van der Waals surface area contributed by atoms with Gasteiger partial charge in [-0.15, -0.1) is 0 Å². The molecule has 1 heterocycles. The summed E-state index contributed by atoms with van der Waals surface area (Å²) in [5.74, 6) is -0.965. The van der Waals surface area contributed by atoms with Crippen molar-refractivity contribution in [2.75, 3.05) is 0 Å². The van der Waals surface area contributed by atoms with E-state index in [1.165, 1.54) is 11.3 Å². The fraction of sp³-hybridized carbons (Fsp3) is 0.600. The van der Waals surface area contributed by atoms with Gasteiger partial charge in [-0.05, 0) is 24.8 Å². The summed E-state index contributed by atoms with van der Waals surface area (Å²) in [7, 11) is 1.90. The average molecular weight is 209 g/mol. The number of aromatic nitrogens is 2. The van der Waals surface area contributed by atoms with Crippen molar-refractivity contribution in [3.8, 4) is 0 Å². The number of nitrogens with two attached hydrogens (primary N) is 1. The smallest absolute Gasteiger partial charge is 0.320 e. The minimum Gasteiger partial charge on any atom is -0.480 e. The highest BCUT2D eigenvalue weighted by Crippen LogP contribution is 2.25. The van der Waals surface area contributed by atoms with Crippen LogP contribution in [-0.4, -0.2) is 26.9 Å². The van der Waals surface area contributed by atoms with Gasteiger partial charge >= 0.3 is 5.97 Å². The molecule has 0 saturated heterocycles. The first-order valence-corrected chi connectivity index (χ1v) is 5.11. The van der Waals surface area contributed by atoms with E-state index < -0.39 is 12.0 Å². The number of carboxylic acid groups (broad SMARTS) is 1. The Balaban J connectivity index is 2.22. The van der Waals surface area contributed by atoms with E-state index in [4.69, 9.17) is 10.8 Å². The van der Waals surface area contributed by atoms with Crippen LogP contribution >= 0.6 is 0 Å². The average Bonchev–Trinajstić information content (AvgIpc) is 2.72. The molecular weight excluding hydrogens is 194 g/mol. The van der Waals surface area contributed by atoms with Crippen LogP contribution in [0.5, 0.6) is 0 Å². The van der Waals surface area contributed by atoms with Crippen molar-refractivity contribution in [2.45, 2.75) is 31.7 Å². The second-order valence-electron chi connectivity index (χ2n) is 4.00. The minimum absolute atomic E-state index is 0.332. The van der Waals surface area contributed by atoms with Crippen molar-refractivity contribution in [3.63, 3.8) is 0 Å². The highest BCUT2D eigenvalue weighted by Gasteiger charge is 2.23. The van der Waals surface area contributed by atoms with Crippen molar-refractivity contribution in [1.29, 1.82) is 0 Å². The van der Waals surface area contributed by atoms with Gasteiger partial charge < -0.3 is 10.8 Å². The molecule has 1 aromatic rings. The number of aryl methyl sites for hydroxylation is 1. The van der Waals surface area contributed by atoms with Gasteiger partial charge in [0.15, 0.2) is 0 Å². The second-order valence-corrected chi connectivity index (χ2v) is 4.00. The molecular formula is C10H15N3O2. The Kier molecular flexibility index (Phi) is 2.48. The molecule has 0 saturated carbocycles. The number of hydrogen-bond acceptors (Lipinski definition) is 3. The number of hydrogen-bond donors (Lipinski definition) is 2. The Bertz CT molecular complexity index is 398. The summed E-state index contributed by atoms with van der Waals surface area (Å²) >= 11 is 0. The molecule has 1 aliphatic rings. The molecule has 1 aromatic heterocycles. The number of carbonyl (C=O) groups is 1. The second kappa shape index (κ2) is 3.66. The number of rotatable bonds is 3.